The molecule has 6 rings (SSSR count). The highest BCUT2D eigenvalue weighted by atomic mass is 16.5. The van der Waals surface area contributed by atoms with Gasteiger partial charge in [-0.25, -0.2) is 0 Å². The number of rotatable bonds is 6. The van der Waals surface area contributed by atoms with Crippen LogP contribution in [0.2, 0.25) is 0 Å². The molecule has 2 aliphatic rings. The number of nitrogens with zero attached hydrogens (tertiary/aromatic N) is 3. The van der Waals surface area contributed by atoms with Gasteiger partial charge in [0.05, 0.1) is 23.3 Å². The number of benzene rings is 2. The van der Waals surface area contributed by atoms with E-state index in [9.17, 15) is 9.59 Å². The largest absolute Gasteiger partial charge is 0.487 e. The van der Waals surface area contributed by atoms with E-state index in [1.165, 1.54) is 11.8 Å². The van der Waals surface area contributed by atoms with Gasteiger partial charge in [-0.3, -0.25) is 19.5 Å². The minimum atomic E-state index is -0.321. The molecule has 192 valence electrons. The van der Waals surface area contributed by atoms with E-state index in [4.69, 9.17) is 4.74 Å². The summed E-state index contributed by atoms with van der Waals surface area (Å²) in [6, 6.07) is 19.9. The molecule has 0 saturated heterocycles. The first-order valence-corrected chi connectivity index (χ1v) is 13.0. The Morgan fingerprint density at radius 2 is 1.92 bits per heavy atom. The van der Waals surface area contributed by atoms with E-state index in [-0.39, 0.29) is 24.3 Å². The Morgan fingerprint density at radius 3 is 2.63 bits per heavy atom. The molecule has 7 heteroatoms. The first-order chi connectivity index (χ1) is 18.4. The Bertz CT molecular complexity index is 1570. The van der Waals surface area contributed by atoms with Crippen LogP contribution in [0.5, 0.6) is 5.75 Å². The second kappa shape index (κ2) is 9.49. The minimum Gasteiger partial charge on any atom is -0.487 e. The zero-order valence-electron chi connectivity index (χ0n) is 21.8. The number of hydrogen-bond acceptors (Lipinski definition) is 5. The van der Waals surface area contributed by atoms with E-state index < -0.39 is 0 Å². The van der Waals surface area contributed by atoms with Gasteiger partial charge in [-0.05, 0) is 53.4 Å². The van der Waals surface area contributed by atoms with Crippen molar-refractivity contribution in [1.29, 1.82) is 0 Å². The van der Waals surface area contributed by atoms with E-state index in [1.54, 1.807) is 6.20 Å². The lowest BCUT2D eigenvalue weighted by Gasteiger charge is -2.20. The predicted molar refractivity (Wildman–Crippen MR) is 147 cm³/mol. The van der Waals surface area contributed by atoms with Gasteiger partial charge >= 0.3 is 0 Å². The van der Waals surface area contributed by atoms with Crippen LogP contribution in [-0.2, 0) is 22.7 Å². The third-order valence-electron chi connectivity index (χ3n) is 7.21. The summed E-state index contributed by atoms with van der Waals surface area (Å²) in [5.74, 6) is 0.379. The Balaban J connectivity index is 1.44. The standard InChI is InChI=1S/C31H30N4O3/c1-19(2)15-34-16-24-28(21-10-12-23(13-11-21)38-18-22-7-4-5-14-32-22)30-26(17-35(20(3)36)31(30)37)33-25-8-6-9-27(34)29(24)25/h4-14,16,19,28,33H,15,17-18H2,1-3H3/t28-/m0/s1. The summed E-state index contributed by atoms with van der Waals surface area (Å²) in [5.41, 5.74) is 6.40. The second-order valence-electron chi connectivity index (χ2n) is 10.4. The van der Waals surface area contributed by atoms with Crippen LogP contribution in [-0.4, -0.2) is 32.8 Å². The maximum Gasteiger partial charge on any atom is 0.259 e. The van der Waals surface area contributed by atoms with Crippen molar-refractivity contribution in [2.45, 2.75) is 39.8 Å². The second-order valence-corrected chi connectivity index (χ2v) is 10.4. The zero-order chi connectivity index (χ0) is 26.4. The minimum absolute atomic E-state index is 0.238. The number of amides is 2. The molecule has 2 aromatic carbocycles. The number of ether oxygens (including phenoxy) is 1. The van der Waals surface area contributed by atoms with Crippen LogP contribution in [0.4, 0.5) is 5.69 Å². The van der Waals surface area contributed by atoms with E-state index in [0.29, 0.717) is 18.1 Å². The molecule has 0 saturated carbocycles. The fraction of sp³-hybridized carbons (Fsp3) is 0.258. The zero-order valence-corrected chi connectivity index (χ0v) is 21.8. The van der Waals surface area contributed by atoms with Crippen LogP contribution in [0.15, 0.2) is 84.3 Å². The summed E-state index contributed by atoms with van der Waals surface area (Å²) < 4.78 is 8.25. The van der Waals surface area contributed by atoms with Gasteiger partial charge < -0.3 is 14.6 Å². The molecule has 0 bridgehead atoms. The smallest absolute Gasteiger partial charge is 0.259 e. The SMILES string of the molecule is CC(=O)N1CC2=C(C1=O)[C@@H](c1ccc(OCc3ccccn3)cc1)c1cn(CC(C)C)c3cccc(c13)N2. The monoisotopic (exact) mass is 506 g/mol. The van der Waals surface area contributed by atoms with Crippen molar-refractivity contribution in [3.8, 4) is 5.75 Å². The fourth-order valence-corrected chi connectivity index (χ4v) is 5.56. The topological polar surface area (TPSA) is 76.5 Å². The molecule has 0 aliphatic carbocycles. The number of aromatic nitrogens is 2. The number of hydrogen-bond donors (Lipinski definition) is 1. The summed E-state index contributed by atoms with van der Waals surface area (Å²) >= 11 is 0. The third-order valence-corrected chi connectivity index (χ3v) is 7.21. The summed E-state index contributed by atoms with van der Waals surface area (Å²) in [6.45, 7) is 7.34. The highest BCUT2D eigenvalue weighted by molar-refractivity contribution is 6.11. The summed E-state index contributed by atoms with van der Waals surface area (Å²) in [6.07, 6.45) is 3.94. The highest BCUT2D eigenvalue weighted by Gasteiger charge is 2.41. The van der Waals surface area contributed by atoms with Crippen molar-refractivity contribution in [3.63, 3.8) is 0 Å². The van der Waals surface area contributed by atoms with Gasteiger partial charge in [0.1, 0.15) is 12.4 Å². The summed E-state index contributed by atoms with van der Waals surface area (Å²) in [5, 5.41) is 4.65. The van der Waals surface area contributed by atoms with Crippen molar-refractivity contribution < 1.29 is 14.3 Å². The molecule has 7 nitrogen and oxygen atoms in total. The molecule has 0 spiro atoms. The predicted octanol–water partition coefficient (Wildman–Crippen LogP) is 5.47. The highest BCUT2D eigenvalue weighted by Crippen LogP contribution is 2.46. The molecule has 38 heavy (non-hydrogen) atoms. The van der Waals surface area contributed by atoms with Crippen molar-refractivity contribution >= 4 is 28.4 Å². The Labute approximate surface area is 221 Å². The molecule has 0 unspecified atom stereocenters. The molecule has 0 fully saturated rings. The maximum absolute atomic E-state index is 13.7. The van der Waals surface area contributed by atoms with Crippen molar-refractivity contribution in [2.75, 3.05) is 11.9 Å². The van der Waals surface area contributed by atoms with Crippen LogP contribution >= 0.6 is 0 Å². The maximum atomic E-state index is 13.7. The normalized spacial score (nSPS) is 16.6. The van der Waals surface area contributed by atoms with Gasteiger partial charge in [-0.15, -0.1) is 0 Å². The first-order valence-electron chi connectivity index (χ1n) is 13.0. The number of nitrogens with one attached hydrogen (secondary N) is 1. The van der Waals surface area contributed by atoms with Gasteiger partial charge in [0.2, 0.25) is 5.91 Å². The quantitative estimate of drug-likeness (QED) is 0.375. The van der Waals surface area contributed by atoms with E-state index in [1.807, 2.05) is 54.6 Å². The molecule has 1 N–H and O–H groups in total. The number of carbonyl (C=O) groups is 2. The Kier molecular flexibility index (Phi) is 5.98. The molecule has 4 heterocycles. The molecule has 2 aliphatic heterocycles. The number of anilines is 1. The lowest BCUT2D eigenvalue weighted by molar-refractivity contribution is -0.139. The van der Waals surface area contributed by atoms with Crippen LogP contribution in [0.3, 0.4) is 0 Å². The first kappa shape index (κ1) is 24.0. The Hall–Kier alpha value is -4.39. The third kappa shape index (κ3) is 4.14. The summed E-state index contributed by atoms with van der Waals surface area (Å²) in [7, 11) is 0. The number of imide groups is 1. The fourth-order valence-electron chi connectivity index (χ4n) is 5.56. The van der Waals surface area contributed by atoms with Crippen LogP contribution < -0.4 is 10.1 Å². The van der Waals surface area contributed by atoms with E-state index in [2.05, 4.69) is 41.0 Å². The van der Waals surface area contributed by atoms with E-state index in [0.717, 1.165) is 51.4 Å². The van der Waals surface area contributed by atoms with Crippen molar-refractivity contribution in [2.24, 2.45) is 5.92 Å². The molecule has 2 amide bonds. The molecular formula is C31H30N4O3. The molecule has 1 atom stereocenters. The molecular weight excluding hydrogens is 476 g/mol. The average Bonchev–Trinajstić information content (AvgIpc) is 3.38. The lowest BCUT2D eigenvalue weighted by Crippen LogP contribution is -2.33. The van der Waals surface area contributed by atoms with Gasteiger partial charge in [-0.2, -0.15) is 0 Å². The molecule has 4 aromatic rings. The lowest BCUT2D eigenvalue weighted by atomic mass is 9.84. The van der Waals surface area contributed by atoms with Crippen LogP contribution in [0, 0.1) is 5.92 Å². The van der Waals surface area contributed by atoms with Crippen LogP contribution in [0.1, 0.15) is 43.5 Å². The van der Waals surface area contributed by atoms with Gasteiger partial charge in [0.15, 0.2) is 0 Å². The van der Waals surface area contributed by atoms with E-state index >= 15 is 0 Å². The van der Waals surface area contributed by atoms with Crippen LogP contribution in [0.25, 0.3) is 10.9 Å². The summed E-state index contributed by atoms with van der Waals surface area (Å²) in [4.78, 5) is 31.7. The van der Waals surface area contributed by atoms with Gasteiger partial charge in [0, 0.05) is 48.6 Å². The average molecular weight is 507 g/mol. The number of pyridine rings is 1. The van der Waals surface area contributed by atoms with Crippen molar-refractivity contribution in [1.82, 2.24) is 14.5 Å². The number of carbonyl (C=O) groups excluding carboxylic acids is 2. The van der Waals surface area contributed by atoms with Gasteiger partial charge in [0.25, 0.3) is 5.91 Å². The van der Waals surface area contributed by atoms with Crippen molar-refractivity contribution in [3.05, 3.63) is 101 Å². The Morgan fingerprint density at radius 1 is 1.11 bits per heavy atom. The van der Waals surface area contributed by atoms with Gasteiger partial charge in [-0.1, -0.05) is 38.1 Å². The molecule has 2 aromatic heterocycles. The molecule has 0 radical (unpaired) electrons.